The highest BCUT2D eigenvalue weighted by atomic mass is 79.9. The highest BCUT2D eigenvalue weighted by molar-refractivity contribution is 9.10. The van der Waals surface area contributed by atoms with Crippen LogP contribution in [0.2, 0.25) is 0 Å². The highest BCUT2D eigenvalue weighted by Gasteiger charge is 2.18. The third-order valence-electron chi connectivity index (χ3n) is 4.19. The third-order valence-corrected chi connectivity index (χ3v) is 5.62. The van der Waals surface area contributed by atoms with E-state index in [0.29, 0.717) is 21.1 Å². The maximum absolute atomic E-state index is 14.0. The second kappa shape index (κ2) is 9.36. The van der Waals surface area contributed by atoms with Crippen LogP contribution in [0.15, 0.2) is 76.6 Å². The van der Waals surface area contributed by atoms with Crippen molar-refractivity contribution in [1.82, 2.24) is 19.7 Å². The Hall–Kier alpha value is -3.11. The molecule has 1 amide bonds. The summed E-state index contributed by atoms with van der Waals surface area (Å²) < 4.78 is 29.7. The van der Waals surface area contributed by atoms with E-state index in [4.69, 9.17) is 0 Å². The van der Waals surface area contributed by atoms with Crippen LogP contribution in [-0.4, -0.2) is 31.4 Å². The molecule has 0 aliphatic carbocycles. The van der Waals surface area contributed by atoms with Crippen molar-refractivity contribution in [2.24, 2.45) is 0 Å². The largest absolute Gasteiger partial charge is 0.323 e. The maximum Gasteiger partial charge on any atom is 0.234 e. The van der Waals surface area contributed by atoms with Gasteiger partial charge in [-0.15, -0.1) is 10.2 Å². The van der Waals surface area contributed by atoms with Crippen LogP contribution in [0.5, 0.6) is 0 Å². The first-order valence-corrected chi connectivity index (χ1v) is 10.8. The molecule has 2 aromatic carbocycles. The Morgan fingerprint density at radius 1 is 1.03 bits per heavy atom. The lowest BCUT2D eigenvalue weighted by atomic mass is 10.2. The molecule has 0 aliphatic rings. The van der Waals surface area contributed by atoms with Gasteiger partial charge in [0, 0.05) is 28.1 Å². The van der Waals surface area contributed by atoms with Gasteiger partial charge in [-0.3, -0.25) is 14.3 Å². The molecule has 4 aromatic rings. The lowest BCUT2D eigenvalue weighted by Gasteiger charge is -2.11. The van der Waals surface area contributed by atoms with Crippen LogP contribution in [-0.2, 0) is 4.79 Å². The van der Waals surface area contributed by atoms with Crippen molar-refractivity contribution >= 4 is 39.3 Å². The zero-order valence-corrected chi connectivity index (χ0v) is 18.2. The molecule has 156 valence electrons. The molecule has 6 nitrogen and oxygen atoms in total. The SMILES string of the molecule is O=C(CSc1nnc(-c2ccncc2)n1-c1ccc(F)cc1)Nc1ccc(Br)cc1F. The first-order chi connectivity index (χ1) is 15.0. The van der Waals surface area contributed by atoms with E-state index in [1.807, 2.05) is 0 Å². The normalized spacial score (nSPS) is 10.8. The number of benzene rings is 2. The zero-order valence-electron chi connectivity index (χ0n) is 15.8. The number of aromatic nitrogens is 4. The molecule has 0 atom stereocenters. The van der Waals surface area contributed by atoms with Gasteiger partial charge in [0.05, 0.1) is 11.4 Å². The number of halogens is 3. The summed E-state index contributed by atoms with van der Waals surface area (Å²) >= 11 is 4.31. The Morgan fingerprint density at radius 2 is 1.77 bits per heavy atom. The monoisotopic (exact) mass is 501 g/mol. The molecule has 1 N–H and O–H groups in total. The lowest BCUT2D eigenvalue weighted by molar-refractivity contribution is -0.113. The van der Waals surface area contributed by atoms with Gasteiger partial charge in [0.25, 0.3) is 0 Å². The minimum atomic E-state index is -0.540. The molecule has 0 saturated heterocycles. The predicted octanol–water partition coefficient (Wildman–Crippen LogP) is 5.10. The molecule has 2 aromatic heterocycles. The average molecular weight is 502 g/mol. The summed E-state index contributed by atoms with van der Waals surface area (Å²) in [4.78, 5) is 16.4. The van der Waals surface area contributed by atoms with Crippen LogP contribution in [0, 0.1) is 11.6 Å². The van der Waals surface area contributed by atoms with Gasteiger partial charge in [0.15, 0.2) is 11.0 Å². The van der Waals surface area contributed by atoms with Crippen LogP contribution in [0.3, 0.4) is 0 Å². The van der Waals surface area contributed by atoms with Crippen LogP contribution in [0.4, 0.5) is 14.5 Å². The first-order valence-electron chi connectivity index (χ1n) is 9.01. The van der Waals surface area contributed by atoms with Crippen LogP contribution in [0.1, 0.15) is 0 Å². The van der Waals surface area contributed by atoms with E-state index in [-0.39, 0.29) is 17.3 Å². The molecule has 0 spiro atoms. The minimum absolute atomic E-state index is 0.0226. The smallest absolute Gasteiger partial charge is 0.234 e. The number of pyridine rings is 1. The average Bonchev–Trinajstić information content (AvgIpc) is 3.19. The summed E-state index contributed by atoms with van der Waals surface area (Å²) in [6, 6.07) is 13.8. The van der Waals surface area contributed by atoms with E-state index in [1.165, 1.54) is 24.3 Å². The fourth-order valence-electron chi connectivity index (χ4n) is 2.78. The number of hydrogen-bond donors (Lipinski definition) is 1. The number of amides is 1. The van der Waals surface area contributed by atoms with E-state index < -0.39 is 11.7 Å². The van der Waals surface area contributed by atoms with Crippen molar-refractivity contribution in [3.63, 3.8) is 0 Å². The molecule has 0 saturated carbocycles. The standard InChI is InChI=1S/C21H14BrF2N5OS/c22-14-1-6-18(17(24)11-14)26-19(30)12-31-21-28-27-20(13-7-9-25-10-8-13)29(21)16-4-2-15(23)3-5-16/h1-11H,12H2,(H,26,30). The van der Waals surface area contributed by atoms with Gasteiger partial charge in [-0.2, -0.15) is 0 Å². The molecule has 0 unspecified atom stereocenters. The van der Waals surface area contributed by atoms with Gasteiger partial charge < -0.3 is 5.32 Å². The van der Waals surface area contributed by atoms with Gasteiger partial charge in [-0.05, 0) is 54.6 Å². The Balaban J connectivity index is 1.58. The van der Waals surface area contributed by atoms with Gasteiger partial charge in [0.1, 0.15) is 11.6 Å². The lowest BCUT2D eigenvalue weighted by Crippen LogP contribution is -2.15. The second-order valence-corrected chi connectivity index (χ2v) is 8.17. The van der Waals surface area contributed by atoms with E-state index in [1.54, 1.807) is 47.3 Å². The Bertz CT molecular complexity index is 1220. The quantitative estimate of drug-likeness (QED) is 0.372. The number of anilines is 1. The molecule has 0 radical (unpaired) electrons. The molecular formula is C21H14BrF2N5OS. The van der Waals surface area contributed by atoms with Crippen molar-refractivity contribution in [3.8, 4) is 17.1 Å². The summed E-state index contributed by atoms with van der Waals surface area (Å²) in [5.41, 5.74) is 1.49. The molecule has 0 bridgehead atoms. The molecule has 0 aliphatic heterocycles. The summed E-state index contributed by atoms with van der Waals surface area (Å²) in [6.07, 6.45) is 3.26. The number of thioether (sulfide) groups is 1. The predicted molar refractivity (Wildman–Crippen MR) is 118 cm³/mol. The molecule has 4 rings (SSSR count). The van der Waals surface area contributed by atoms with E-state index >= 15 is 0 Å². The van der Waals surface area contributed by atoms with Gasteiger partial charge in [0.2, 0.25) is 5.91 Å². The Labute approximate surface area is 188 Å². The van der Waals surface area contributed by atoms with Crippen LogP contribution in [0.25, 0.3) is 17.1 Å². The third kappa shape index (κ3) is 4.97. The second-order valence-electron chi connectivity index (χ2n) is 6.31. The number of nitrogens with zero attached hydrogens (tertiary/aromatic N) is 4. The number of hydrogen-bond acceptors (Lipinski definition) is 5. The fourth-order valence-corrected chi connectivity index (χ4v) is 3.87. The summed E-state index contributed by atoms with van der Waals surface area (Å²) in [6.45, 7) is 0. The van der Waals surface area contributed by atoms with Crippen molar-refractivity contribution in [2.45, 2.75) is 5.16 Å². The molecule has 2 heterocycles. The topological polar surface area (TPSA) is 72.7 Å². The molecular weight excluding hydrogens is 488 g/mol. The van der Waals surface area contributed by atoms with Crippen LogP contribution >= 0.6 is 27.7 Å². The van der Waals surface area contributed by atoms with Crippen molar-refractivity contribution < 1.29 is 13.6 Å². The molecule has 31 heavy (non-hydrogen) atoms. The van der Waals surface area contributed by atoms with Gasteiger partial charge in [-0.25, -0.2) is 8.78 Å². The minimum Gasteiger partial charge on any atom is -0.323 e. The zero-order chi connectivity index (χ0) is 21.8. The molecule has 10 heteroatoms. The summed E-state index contributed by atoms with van der Waals surface area (Å²) in [7, 11) is 0. The van der Waals surface area contributed by atoms with E-state index in [9.17, 15) is 13.6 Å². The van der Waals surface area contributed by atoms with E-state index in [2.05, 4.69) is 36.4 Å². The van der Waals surface area contributed by atoms with Crippen molar-refractivity contribution in [2.75, 3.05) is 11.1 Å². The number of nitrogens with one attached hydrogen (secondary N) is 1. The Kier molecular flexibility index (Phi) is 6.38. The number of carbonyl (C=O) groups is 1. The van der Waals surface area contributed by atoms with E-state index in [0.717, 1.165) is 17.3 Å². The van der Waals surface area contributed by atoms with Crippen molar-refractivity contribution in [1.29, 1.82) is 0 Å². The number of carbonyl (C=O) groups excluding carboxylic acids is 1. The van der Waals surface area contributed by atoms with Crippen molar-refractivity contribution in [3.05, 3.63) is 83.1 Å². The van der Waals surface area contributed by atoms with Gasteiger partial charge >= 0.3 is 0 Å². The van der Waals surface area contributed by atoms with Crippen LogP contribution < -0.4 is 5.32 Å². The summed E-state index contributed by atoms with van der Waals surface area (Å²) in [5, 5.41) is 11.4. The first kappa shape index (κ1) is 21.1. The fraction of sp³-hybridized carbons (Fsp3) is 0.0476. The highest BCUT2D eigenvalue weighted by Crippen LogP contribution is 2.28. The summed E-state index contributed by atoms with van der Waals surface area (Å²) in [5.74, 6) is -0.804. The molecule has 0 fully saturated rings. The maximum atomic E-state index is 14.0. The number of rotatable bonds is 6. The Morgan fingerprint density at radius 3 is 2.48 bits per heavy atom. The van der Waals surface area contributed by atoms with Gasteiger partial charge in [-0.1, -0.05) is 27.7 Å².